The van der Waals surface area contributed by atoms with Gasteiger partial charge in [-0.15, -0.1) is 0 Å². The molecule has 0 unspecified atom stereocenters. The molecule has 0 aliphatic rings. The number of carbonyl (C=O) groups excluding carboxylic acids is 1. The second kappa shape index (κ2) is 7.53. The van der Waals surface area contributed by atoms with E-state index >= 15 is 0 Å². The molecular formula is C17H21NO3. The molecule has 0 bridgehead atoms. The summed E-state index contributed by atoms with van der Waals surface area (Å²) >= 11 is 0. The Labute approximate surface area is 125 Å². The predicted molar refractivity (Wildman–Crippen MR) is 81.4 cm³/mol. The molecule has 0 aliphatic carbocycles. The van der Waals surface area contributed by atoms with Crippen molar-refractivity contribution in [3.05, 3.63) is 54.0 Å². The second-order valence-corrected chi connectivity index (χ2v) is 4.96. The molecule has 1 heterocycles. The molecule has 2 aromatic rings. The Morgan fingerprint density at radius 1 is 1.19 bits per heavy atom. The van der Waals surface area contributed by atoms with E-state index in [0.29, 0.717) is 19.4 Å². The Kier molecular flexibility index (Phi) is 5.43. The highest BCUT2D eigenvalue weighted by molar-refractivity contribution is 5.76. The van der Waals surface area contributed by atoms with Gasteiger partial charge in [-0.05, 0) is 30.2 Å². The van der Waals surface area contributed by atoms with Gasteiger partial charge in [-0.2, -0.15) is 0 Å². The number of para-hydroxylation sites is 1. The summed E-state index contributed by atoms with van der Waals surface area (Å²) in [4.78, 5) is 13.9. The minimum absolute atomic E-state index is 0.132. The number of nitrogens with zero attached hydrogens (tertiary/aromatic N) is 1. The van der Waals surface area contributed by atoms with Crippen LogP contribution in [-0.4, -0.2) is 31.5 Å². The Hall–Kier alpha value is -2.23. The van der Waals surface area contributed by atoms with Crippen LogP contribution < -0.4 is 4.74 Å². The molecule has 0 spiro atoms. The monoisotopic (exact) mass is 287 g/mol. The number of carbonyl (C=O) groups is 1. The van der Waals surface area contributed by atoms with Crippen LogP contribution in [0, 0.1) is 0 Å². The smallest absolute Gasteiger partial charge is 0.222 e. The summed E-state index contributed by atoms with van der Waals surface area (Å²) in [6.45, 7) is 0.665. The fourth-order valence-electron chi connectivity index (χ4n) is 2.20. The number of hydrogen-bond acceptors (Lipinski definition) is 3. The number of furan rings is 1. The normalized spacial score (nSPS) is 10.4. The molecule has 1 aromatic heterocycles. The lowest BCUT2D eigenvalue weighted by Crippen LogP contribution is -2.28. The van der Waals surface area contributed by atoms with Gasteiger partial charge in [0.15, 0.2) is 0 Å². The molecule has 0 aliphatic heterocycles. The van der Waals surface area contributed by atoms with Crippen LogP contribution in [0.1, 0.15) is 17.7 Å². The zero-order chi connectivity index (χ0) is 15.1. The Morgan fingerprint density at radius 3 is 2.71 bits per heavy atom. The highest BCUT2D eigenvalue weighted by atomic mass is 16.5. The van der Waals surface area contributed by atoms with Crippen LogP contribution in [0.2, 0.25) is 0 Å². The fourth-order valence-corrected chi connectivity index (χ4v) is 2.20. The molecule has 112 valence electrons. The maximum absolute atomic E-state index is 12.1. The van der Waals surface area contributed by atoms with E-state index in [2.05, 4.69) is 0 Å². The van der Waals surface area contributed by atoms with Crippen molar-refractivity contribution in [2.24, 2.45) is 0 Å². The van der Waals surface area contributed by atoms with Crippen molar-refractivity contribution in [3.8, 4) is 5.75 Å². The first-order chi connectivity index (χ1) is 10.2. The third-order valence-electron chi connectivity index (χ3n) is 3.50. The number of aryl methyl sites for hydroxylation is 1. The number of likely N-dealkylation sites (N-methyl/N-ethyl adjacent to an activating group) is 1. The summed E-state index contributed by atoms with van der Waals surface area (Å²) in [5.41, 5.74) is 1.06. The quantitative estimate of drug-likeness (QED) is 0.786. The topological polar surface area (TPSA) is 42.7 Å². The predicted octanol–water partition coefficient (Wildman–Crippen LogP) is 2.92. The summed E-state index contributed by atoms with van der Waals surface area (Å²) in [7, 11) is 3.48. The van der Waals surface area contributed by atoms with Gasteiger partial charge in [-0.3, -0.25) is 4.79 Å². The molecule has 21 heavy (non-hydrogen) atoms. The van der Waals surface area contributed by atoms with Crippen LogP contribution in [0.25, 0.3) is 0 Å². The molecule has 0 atom stereocenters. The standard InChI is InChI=1S/C17H21NO3/c1-18(12-11-15-7-5-13-21-15)17(19)10-9-14-6-3-4-8-16(14)20-2/h3-8,13H,9-12H2,1-2H3. The number of benzene rings is 1. The first kappa shape index (κ1) is 15.2. The van der Waals surface area contributed by atoms with Gasteiger partial charge in [0.25, 0.3) is 0 Å². The maximum Gasteiger partial charge on any atom is 0.222 e. The van der Waals surface area contributed by atoms with Crippen LogP contribution >= 0.6 is 0 Å². The molecular weight excluding hydrogens is 266 g/mol. The summed E-state index contributed by atoms with van der Waals surface area (Å²) in [5, 5.41) is 0. The van der Waals surface area contributed by atoms with Crippen molar-refractivity contribution in [1.82, 2.24) is 4.90 Å². The third kappa shape index (κ3) is 4.38. The molecule has 4 nitrogen and oxygen atoms in total. The number of hydrogen-bond donors (Lipinski definition) is 0. The van der Waals surface area contributed by atoms with E-state index in [1.165, 1.54) is 0 Å². The Balaban J connectivity index is 1.80. The van der Waals surface area contributed by atoms with Gasteiger partial charge in [0.2, 0.25) is 5.91 Å². The number of rotatable bonds is 7. The average molecular weight is 287 g/mol. The largest absolute Gasteiger partial charge is 0.496 e. The van der Waals surface area contributed by atoms with E-state index in [-0.39, 0.29) is 5.91 Å². The highest BCUT2D eigenvalue weighted by Gasteiger charge is 2.11. The zero-order valence-corrected chi connectivity index (χ0v) is 12.5. The lowest BCUT2D eigenvalue weighted by Gasteiger charge is -2.17. The fraction of sp³-hybridized carbons (Fsp3) is 0.353. The highest BCUT2D eigenvalue weighted by Crippen LogP contribution is 2.19. The summed E-state index contributed by atoms with van der Waals surface area (Å²) in [6.07, 6.45) is 3.56. The first-order valence-corrected chi connectivity index (χ1v) is 7.09. The summed E-state index contributed by atoms with van der Waals surface area (Å²) in [6, 6.07) is 11.6. The Morgan fingerprint density at radius 2 is 2.00 bits per heavy atom. The lowest BCUT2D eigenvalue weighted by atomic mass is 10.1. The molecule has 0 saturated carbocycles. The van der Waals surface area contributed by atoms with Crippen molar-refractivity contribution in [2.45, 2.75) is 19.3 Å². The average Bonchev–Trinajstić information content (AvgIpc) is 3.03. The number of ether oxygens (including phenoxy) is 1. The van der Waals surface area contributed by atoms with Crippen molar-refractivity contribution in [3.63, 3.8) is 0 Å². The van der Waals surface area contributed by atoms with Crippen LogP contribution in [-0.2, 0) is 17.6 Å². The molecule has 1 amide bonds. The molecule has 0 N–H and O–H groups in total. The van der Waals surface area contributed by atoms with Crippen LogP contribution in [0.15, 0.2) is 47.1 Å². The lowest BCUT2D eigenvalue weighted by molar-refractivity contribution is -0.129. The van der Waals surface area contributed by atoms with Gasteiger partial charge in [-0.1, -0.05) is 18.2 Å². The van der Waals surface area contributed by atoms with Crippen LogP contribution in [0.3, 0.4) is 0 Å². The van der Waals surface area contributed by atoms with E-state index in [0.717, 1.165) is 23.5 Å². The molecule has 4 heteroatoms. The SMILES string of the molecule is COc1ccccc1CCC(=O)N(C)CCc1ccco1. The van der Waals surface area contributed by atoms with Gasteiger partial charge >= 0.3 is 0 Å². The van der Waals surface area contributed by atoms with Gasteiger partial charge in [0, 0.05) is 26.4 Å². The minimum atomic E-state index is 0.132. The number of methoxy groups -OCH3 is 1. The maximum atomic E-state index is 12.1. The van der Waals surface area contributed by atoms with Crippen LogP contribution in [0.5, 0.6) is 5.75 Å². The van der Waals surface area contributed by atoms with E-state index < -0.39 is 0 Å². The van der Waals surface area contributed by atoms with Crippen molar-refractivity contribution in [2.75, 3.05) is 20.7 Å². The van der Waals surface area contributed by atoms with Gasteiger partial charge in [-0.25, -0.2) is 0 Å². The molecule has 0 radical (unpaired) electrons. The van der Waals surface area contributed by atoms with Crippen molar-refractivity contribution >= 4 is 5.91 Å². The summed E-state index contributed by atoms with van der Waals surface area (Å²) in [5.74, 6) is 1.87. The number of amides is 1. The molecule has 1 aromatic carbocycles. The Bertz CT molecular complexity index is 563. The molecule has 0 fully saturated rings. The molecule has 0 saturated heterocycles. The van der Waals surface area contributed by atoms with Crippen molar-refractivity contribution in [1.29, 1.82) is 0 Å². The summed E-state index contributed by atoms with van der Waals surface area (Å²) < 4.78 is 10.6. The van der Waals surface area contributed by atoms with Crippen LogP contribution in [0.4, 0.5) is 0 Å². The van der Waals surface area contributed by atoms with Gasteiger partial charge in [0.05, 0.1) is 13.4 Å². The third-order valence-corrected chi connectivity index (χ3v) is 3.50. The molecule has 2 rings (SSSR count). The van der Waals surface area contributed by atoms with Gasteiger partial charge < -0.3 is 14.1 Å². The second-order valence-electron chi connectivity index (χ2n) is 4.96. The van der Waals surface area contributed by atoms with E-state index in [1.54, 1.807) is 18.3 Å². The minimum Gasteiger partial charge on any atom is -0.496 e. The zero-order valence-electron chi connectivity index (χ0n) is 12.5. The first-order valence-electron chi connectivity index (χ1n) is 7.09. The van der Waals surface area contributed by atoms with E-state index in [1.807, 2.05) is 43.4 Å². The van der Waals surface area contributed by atoms with Crippen molar-refractivity contribution < 1.29 is 13.9 Å². The van der Waals surface area contributed by atoms with E-state index in [4.69, 9.17) is 9.15 Å². The van der Waals surface area contributed by atoms with Gasteiger partial charge in [0.1, 0.15) is 11.5 Å². The van der Waals surface area contributed by atoms with E-state index in [9.17, 15) is 4.79 Å².